The highest BCUT2D eigenvalue weighted by Gasteiger charge is 2.11. The van der Waals surface area contributed by atoms with Gasteiger partial charge in [-0.15, -0.1) is 0 Å². The average Bonchev–Trinajstić information content (AvgIpc) is 2.63. The van der Waals surface area contributed by atoms with E-state index in [0.717, 1.165) is 16.8 Å². The number of aryl methyl sites for hydroxylation is 2. The molecule has 1 aromatic carbocycles. The maximum absolute atomic E-state index is 12.4. The summed E-state index contributed by atoms with van der Waals surface area (Å²) < 4.78 is 0. The molecule has 6 heteroatoms. The topological polar surface area (TPSA) is 67.8 Å². The van der Waals surface area contributed by atoms with Gasteiger partial charge in [-0.2, -0.15) is 0 Å². The Morgan fingerprint density at radius 1 is 1.07 bits per heavy atom. The highest BCUT2D eigenvalue weighted by Crippen LogP contribution is 2.16. The van der Waals surface area contributed by atoms with E-state index in [0.29, 0.717) is 29.8 Å². The third-order valence-corrected chi connectivity index (χ3v) is 3.96. The number of hydrogen-bond donors (Lipinski definition) is 1. The van der Waals surface area contributed by atoms with Crippen LogP contribution < -0.4 is 5.32 Å². The number of carbonyl (C=O) groups excluding carboxylic acids is 1. The molecule has 0 unspecified atom stereocenters. The predicted molar refractivity (Wildman–Crippen MR) is 112 cm³/mol. The fourth-order valence-electron chi connectivity index (χ4n) is 2.70. The minimum Gasteiger partial charge on any atom is -0.372 e. The summed E-state index contributed by atoms with van der Waals surface area (Å²) in [5.74, 6) is 0.849. The molecule has 1 N–H and O–H groups in total. The van der Waals surface area contributed by atoms with Gasteiger partial charge in [0, 0.05) is 34.0 Å². The molecule has 0 amide bonds. The molecule has 2 aromatic heterocycles. The number of aromatic nitrogens is 3. The van der Waals surface area contributed by atoms with Gasteiger partial charge < -0.3 is 5.32 Å². The van der Waals surface area contributed by atoms with Crippen molar-refractivity contribution in [3.8, 4) is 0 Å². The summed E-state index contributed by atoms with van der Waals surface area (Å²) in [5, 5.41) is 2.95. The van der Waals surface area contributed by atoms with Gasteiger partial charge in [0.05, 0.1) is 6.20 Å². The first kappa shape index (κ1) is 22.3. The summed E-state index contributed by atoms with van der Waals surface area (Å²) in [5.41, 5.74) is 5.24. The van der Waals surface area contributed by atoms with Crippen molar-refractivity contribution in [2.45, 2.75) is 40.5 Å². The molecule has 0 aliphatic carbocycles. The monoisotopic (exact) mass is 361 g/mol. The van der Waals surface area contributed by atoms with E-state index in [1.165, 1.54) is 5.56 Å². The molecule has 3 radical (unpaired) electrons. The zero-order valence-electron chi connectivity index (χ0n) is 16.7. The normalized spacial score (nSPS) is 9.81. The molecule has 3 rings (SSSR count). The summed E-state index contributed by atoms with van der Waals surface area (Å²) in [6.45, 7) is 7.94. The molecule has 5 nitrogen and oxygen atoms in total. The van der Waals surface area contributed by atoms with Crippen LogP contribution in [0.2, 0.25) is 0 Å². The molecule has 0 fully saturated rings. The fraction of sp³-hybridized carbons (Fsp3) is 0.333. The van der Waals surface area contributed by atoms with E-state index in [1.807, 2.05) is 58.0 Å². The number of anilines is 1. The quantitative estimate of drug-likeness (QED) is 0.702. The highest BCUT2D eigenvalue weighted by molar-refractivity contribution is 5.84. The molecule has 3 aromatic rings. The van der Waals surface area contributed by atoms with Gasteiger partial charge in [0.15, 0.2) is 5.65 Å². The number of ketones is 1. The average molecular weight is 361 g/mol. The Kier molecular flexibility index (Phi) is 8.59. The fourth-order valence-corrected chi connectivity index (χ4v) is 2.70. The molecule has 0 bridgehead atoms. The number of pyridine rings is 1. The van der Waals surface area contributed by atoms with Crippen molar-refractivity contribution in [1.29, 1.82) is 0 Å². The number of rotatable bonds is 5. The number of nitrogens with zero attached hydrogens (tertiary/aromatic N) is 3. The Bertz CT molecular complexity index is 912. The molecule has 139 valence electrons. The molecule has 0 atom stereocenters. The van der Waals surface area contributed by atoms with Crippen molar-refractivity contribution in [3.05, 3.63) is 58.9 Å². The molecule has 0 saturated carbocycles. The number of hydrogen-bond acceptors (Lipinski definition) is 5. The lowest BCUT2D eigenvalue weighted by Gasteiger charge is -2.08. The van der Waals surface area contributed by atoms with Gasteiger partial charge in [-0.25, -0.2) is 15.0 Å². The van der Waals surface area contributed by atoms with Gasteiger partial charge in [-0.1, -0.05) is 43.7 Å². The number of carbonyl (C=O) groups is 1. The summed E-state index contributed by atoms with van der Waals surface area (Å²) in [7, 11) is 1.79. The van der Waals surface area contributed by atoms with Crippen LogP contribution in [0.15, 0.2) is 36.5 Å². The Balaban J connectivity index is 0.00000118. The second-order valence-corrected chi connectivity index (χ2v) is 5.96. The van der Waals surface area contributed by atoms with Crippen LogP contribution in [-0.2, 0) is 17.6 Å². The Morgan fingerprint density at radius 2 is 1.81 bits per heavy atom. The molecule has 2 heterocycles. The van der Waals surface area contributed by atoms with Crippen LogP contribution in [0.4, 0.5) is 5.82 Å². The lowest BCUT2D eigenvalue weighted by Crippen LogP contribution is -2.09. The molecule has 0 spiro atoms. The van der Waals surface area contributed by atoms with Gasteiger partial charge in [0.25, 0.3) is 0 Å². The van der Waals surface area contributed by atoms with Gasteiger partial charge >= 0.3 is 0 Å². The van der Waals surface area contributed by atoms with Crippen molar-refractivity contribution in [2.24, 2.45) is 0 Å². The van der Waals surface area contributed by atoms with Crippen LogP contribution in [0.3, 0.4) is 0 Å². The number of benzene rings is 1. The van der Waals surface area contributed by atoms with Crippen molar-refractivity contribution >= 4 is 31.2 Å². The van der Waals surface area contributed by atoms with E-state index < -0.39 is 0 Å². The van der Waals surface area contributed by atoms with E-state index in [4.69, 9.17) is 0 Å². The van der Waals surface area contributed by atoms with E-state index in [2.05, 4.69) is 20.3 Å². The van der Waals surface area contributed by atoms with Crippen molar-refractivity contribution in [2.75, 3.05) is 12.4 Å². The lowest BCUT2D eigenvalue weighted by atomic mass is 10.0. The first-order valence-corrected chi connectivity index (χ1v) is 8.93. The van der Waals surface area contributed by atoms with Crippen molar-refractivity contribution < 1.29 is 4.79 Å². The summed E-state index contributed by atoms with van der Waals surface area (Å²) >= 11 is 0. The van der Waals surface area contributed by atoms with Crippen LogP contribution in [0.25, 0.3) is 11.2 Å². The van der Waals surface area contributed by atoms with E-state index in [-0.39, 0.29) is 14.2 Å². The highest BCUT2D eigenvalue weighted by atomic mass is 16.1. The molecule has 0 aliphatic heterocycles. The predicted octanol–water partition coefficient (Wildman–Crippen LogP) is 3.68. The zero-order valence-corrected chi connectivity index (χ0v) is 16.7. The minimum atomic E-state index is 0. The van der Waals surface area contributed by atoms with E-state index >= 15 is 0 Å². The smallest absolute Gasteiger partial charge is 0.180 e. The number of Topliss-reactive ketones (excluding diaryl/α,β-unsaturated/α-hetero) is 1. The van der Waals surface area contributed by atoms with Gasteiger partial charge in [-0.05, 0) is 31.0 Å². The van der Waals surface area contributed by atoms with Crippen LogP contribution >= 0.6 is 0 Å². The van der Waals surface area contributed by atoms with Crippen molar-refractivity contribution in [1.82, 2.24) is 15.0 Å². The molecule has 0 aliphatic rings. The summed E-state index contributed by atoms with van der Waals surface area (Å²) in [4.78, 5) is 25.6. The lowest BCUT2D eigenvalue weighted by molar-refractivity contribution is -0.117. The number of fused-ring (bicyclic) bond motifs is 1. The third-order valence-electron chi connectivity index (χ3n) is 3.96. The second-order valence-electron chi connectivity index (χ2n) is 5.96. The zero-order chi connectivity index (χ0) is 19.1. The van der Waals surface area contributed by atoms with Crippen molar-refractivity contribution in [3.63, 3.8) is 0 Å². The third kappa shape index (κ3) is 5.88. The second kappa shape index (κ2) is 10.4. The Hall–Kier alpha value is -2.76. The standard InChI is InChI=1S/C19H20N4O.C2H6.B/c1-12-5-4-6-14(7-12)8-16(24)9-15-10-17-19(22-13(15)2)23-18(20-3)11-21-17;1-2;/h4-7,10-11H,8-9H2,1-3H3,(H,20,22,23);1-2H3;. The minimum absolute atomic E-state index is 0. The number of nitrogens with one attached hydrogen (secondary N) is 1. The molecular formula is C21H26BN4O. The maximum Gasteiger partial charge on any atom is 0.180 e. The first-order valence-electron chi connectivity index (χ1n) is 8.93. The van der Waals surface area contributed by atoms with Crippen LogP contribution in [0.1, 0.15) is 36.2 Å². The Labute approximate surface area is 163 Å². The largest absolute Gasteiger partial charge is 0.372 e. The summed E-state index contributed by atoms with van der Waals surface area (Å²) in [6.07, 6.45) is 2.46. The van der Waals surface area contributed by atoms with Crippen LogP contribution in [0, 0.1) is 13.8 Å². The first-order chi connectivity index (χ1) is 12.5. The molecular weight excluding hydrogens is 335 g/mol. The van der Waals surface area contributed by atoms with Gasteiger partial charge in [0.1, 0.15) is 17.1 Å². The van der Waals surface area contributed by atoms with Crippen LogP contribution in [-0.4, -0.2) is 36.2 Å². The molecule has 0 saturated heterocycles. The van der Waals surface area contributed by atoms with Gasteiger partial charge in [-0.3, -0.25) is 4.79 Å². The van der Waals surface area contributed by atoms with E-state index in [1.54, 1.807) is 13.2 Å². The van der Waals surface area contributed by atoms with Crippen LogP contribution in [0.5, 0.6) is 0 Å². The summed E-state index contributed by atoms with van der Waals surface area (Å²) in [6, 6.07) is 9.97. The maximum atomic E-state index is 12.4. The molecule has 27 heavy (non-hydrogen) atoms. The van der Waals surface area contributed by atoms with E-state index in [9.17, 15) is 4.79 Å². The SMILES string of the molecule is CC.CNc1cnc2cc(CC(=O)Cc3cccc(C)c3)c(C)nc2n1.[B]. The van der Waals surface area contributed by atoms with Gasteiger partial charge in [0.2, 0.25) is 0 Å². The Morgan fingerprint density at radius 3 is 2.48 bits per heavy atom.